The van der Waals surface area contributed by atoms with Crippen molar-refractivity contribution in [3.05, 3.63) is 35.4 Å². The molecule has 0 spiro atoms. The molecule has 1 N–H and O–H groups in total. The second kappa shape index (κ2) is 5.65. The summed E-state index contributed by atoms with van der Waals surface area (Å²) in [5.74, 6) is 0. The Balaban J connectivity index is 2.08. The average molecular weight is 232 g/mol. The molecular formula is C15H24N2. The highest BCUT2D eigenvalue weighted by atomic mass is 15.1. The summed E-state index contributed by atoms with van der Waals surface area (Å²) < 4.78 is 0. The van der Waals surface area contributed by atoms with Crippen LogP contribution in [-0.2, 0) is 0 Å². The van der Waals surface area contributed by atoms with E-state index in [-0.39, 0.29) is 0 Å². The van der Waals surface area contributed by atoms with Crippen LogP contribution in [0.25, 0.3) is 0 Å². The molecule has 0 radical (unpaired) electrons. The van der Waals surface area contributed by atoms with Gasteiger partial charge in [0, 0.05) is 12.1 Å². The predicted octanol–water partition coefficient (Wildman–Crippen LogP) is 2.74. The van der Waals surface area contributed by atoms with Crippen LogP contribution in [0.4, 0.5) is 0 Å². The number of nitrogens with one attached hydrogen (secondary N) is 1. The normalized spacial score (nSPS) is 22.0. The Hall–Kier alpha value is -0.860. The molecule has 1 saturated heterocycles. The first-order chi connectivity index (χ1) is 8.16. The van der Waals surface area contributed by atoms with Crippen molar-refractivity contribution in [2.45, 2.75) is 38.3 Å². The SMILES string of the molecule is Cc1ccc(C(CC2CCCN2)N(C)C)cc1. The van der Waals surface area contributed by atoms with E-state index in [4.69, 9.17) is 0 Å². The van der Waals surface area contributed by atoms with Crippen molar-refractivity contribution in [3.63, 3.8) is 0 Å². The predicted molar refractivity (Wildman–Crippen MR) is 73.2 cm³/mol. The maximum atomic E-state index is 3.60. The van der Waals surface area contributed by atoms with E-state index in [1.54, 1.807) is 0 Å². The van der Waals surface area contributed by atoms with Crippen molar-refractivity contribution in [2.24, 2.45) is 0 Å². The summed E-state index contributed by atoms with van der Waals surface area (Å²) in [5.41, 5.74) is 2.78. The first-order valence-electron chi connectivity index (χ1n) is 6.63. The minimum atomic E-state index is 0.534. The van der Waals surface area contributed by atoms with E-state index in [0.29, 0.717) is 12.1 Å². The van der Waals surface area contributed by atoms with Crippen LogP contribution >= 0.6 is 0 Å². The summed E-state index contributed by atoms with van der Waals surface area (Å²) >= 11 is 0. The fraction of sp³-hybridized carbons (Fsp3) is 0.600. The Morgan fingerprint density at radius 1 is 1.29 bits per heavy atom. The van der Waals surface area contributed by atoms with Crippen molar-refractivity contribution in [1.82, 2.24) is 10.2 Å². The summed E-state index contributed by atoms with van der Waals surface area (Å²) in [5, 5.41) is 3.60. The summed E-state index contributed by atoms with van der Waals surface area (Å²) in [7, 11) is 4.36. The summed E-state index contributed by atoms with van der Waals surface area (Å²) in [4.78, 5) is 2.34. The molecule has 1 aromatic carbocycles. The first kappa shape index (κ1) is 12.6. The number of hydrogen-bond acceptors (Lipinski definition) is 2. The van der Waals surface area contributed by atoms with Crippen LogP contribution < -0.4 is 5.32 Å². The van der Waals surface area contributed by atoms with E-state index in [2.05, 4.69) is 55.5 Å². The topological polar surface area (TPSA) is 15.3 Å². The highest BCUT2D eigenvalue weighted by molar-refractivity contribution is 5.24. The zero-order valence-corrected chi connectivity index (χ0v) is 11.2. The van der Waals surface area contributed by atoms with Crippen molar-refractivity contribution in [1.29, 1.82) is 0 Å². The van der Waals surface area contributed by atoms with E-state index in [9.17, 15) is 0 Å². The third-order valence-corrected chi connectivity index (χ3v) is 3.76. The molecule has 2 atom stereocenters. The van der Waals surface area contributed by atoms with E-state index < -0.39 is 0 Å². The minimum Gasteiger partial charge on any atom is -0.314 e. The van der Waals surface area contributed by atoms with Crippen LogP contribution in [-0.4, -0.2) is 31.6 Å². The largest absolute Gasteiger partial charge is 0.314 e. The molecule has 1 heterocycles. The molecule has 94 valence electrons. The lowest BCUT2D eigenvalue weighted by molar-refractivity contribution is 0.263. The lowest BCUT2D eigenvalue weighted by atomic mass is 9.97. The molecule has 1 aromatic rings. The Kier molecular flexibility index (Phi) is 4.19. The number of hydrogen-bond donors (Lipinski definition) is 1. The quantitative estimate of drug-likeness (QED) is 0.858. The Morgan fingerprint density at radius 2 is 2.00 bits per heavy atom. The van der Waals surface area contributed by atoms with Gasteiger partial charge in [0.15, 0.2) is 0 Å². The lowest BCUT2D eigenvalue weighted by Crippen LogP contribution is -2.29. The smallest absolute Gasteiger partial charge is 0.0356 e. The van der Waals surface area contributed by atoms with Crippen LogP contribution in [0.1, 0.15) is 36.4 Å². The molecule has 1 fully saturated rings. The van der Waals surface area contributed by atoms with Gasteiger partial charge in [0.1, 0.15) is 0 Å². The fourth-order valence-electron chi connectivity index (χ4n) is 2.66. The number of benzene rings is 1. The molecule has 0 saturated carbocycles. The van der Waals surface area contributed by atoms with Crippen molar-refractivity contribution in [2.75, 3.05) is 20.6 Å². The van der Waals surface area contributed by atoms with Crippen molar-refractivity contribution in [3.8, 4) is 0 Å². The van der Waals surface area contributed by atoms with Crippen molar-refractivity contribution >= 4 is 0 Å². The van der Waals surface area contributed by atoms with Gasteiger partial charge in [-0.05, 0) is 52.4 Å². The van der Waals surface area contributed by atoms with Crippen molar-refractivity contribution < 1.29 is 0 Å². The molecule has 2 rings (SSSR count). The van der Waals surface area contributed by atoms with Crippen LogP contribution in [0.15, 0.2) is 24.3 Å². The monoisotopic (exact) mass is 232 g/mol. The molecule has 2 unspecified atom stereocenters. The number of nitrogens with zero attached hydrogens (tertiary/aromatic N) is 1. The molecule has 1 aliphatic rings. The third kappa shape index (κ3) is 3.30. The molecular weight excluding hydrogens is 208 g/mol. The molecule has 0 aliphatic carbocycles. The zero-order valence-electron chi connectivity index (χ0n) is 11.2. The first-order valence-corrected chi connectivity index (χ1v) is 6.63. The fourth-order valence-corrected chi connectivity index (χ4v) is 2.66. The summed E-state index contributed by atoms with van der Waals surface area (Å²) in [6.45, 7) is 3.34. The summed E-state index contributed by atoms with van der Waals surface area (Å²) in [6, 6.07) is 10.2. The van der Waals surface area contributed by atoms with Crippen LogP contribution in [0.2, 0.25) is 0 Å². The van der Waals surface area contributed by atoms with E-state index in [1.165, 1.54) is 36.9 Å². The van der Waals surface area contributed by atoms with Gasteiger partial charge >= 0.3 is 0 Å². The summed E-state index contributed by atoms with van der Waals surface area (Å²) in [6.07, 6.45) is 3.88. The van der Waals surface area contributed by atoms with E-state index in [1.807, 2.05) is 0 Å². The second-order valence-corrected chi connectivity index (χ2v) is 5.42. The standard InChI is InChI=1S/C15H24N2/c1-12-6-8-13(9-7-12)15(17(2)3)11-14-5-4-10-16-14/h6-9,14-16H,4-5,10-11H2,1-3H3. The molecule has 0 amide bonds. The number of aryl methyl sites for hydroxylation is 1. The molecule has 0 aromatic heterocycles. The zero-order chi connectivity index (χ0) is 12.3. The molecule has 2 nitrogen and oxygen atoms in total. The lowest BCUT2D eigenvalue weighted by Gasteiger charge is -2.27. The highest BCUT2D eigenvalue weighted by Crippen LogP contribution is 2.26. The number of rotatable bonds is 4. The van der Waals surface area contributed by atoms with Crippen LogP contribution in [0.5, 0.6) is 0 Å². The Bertz CT molecular complexity index is 336. The van der Waals surface area contributed by atoms with Gasteiger partial charge in [-0.2, -0.15) is 0 Å². The maximum absolute atomic E-state index is 3.60. The Labute approximate surface area is 105 Å². The van der Waals surface area contributed by atoms with Gasteiger partial charge in [-0.3, -0.25) is 0 Å². The second-order valence-electron chi connectivity index (χ2n) is 5.42. The highest BCUT2D eigenvalue weighted by Gasteiger charge is 2.22. The average Bonchev–Trinajstić information content (AvgIpc) is 2.80. The van der Waals surface area contributed by atoms with Crippen LogP contribution in [0, 0.1) is 6.92 Å². The van der Waals surface area contributed by atoms with Gasteiger partial charge in [-0.1, -0.05) is 29.8 Å². The molecule has 0 bridgehead atoms. The van der Waals surface area contributed by atoms with Gasteiger partial charge in [0.05, 0.1) is 0 Å². The molecule has 1 aliphatic heterocycles. The van der Waals surface area contributed by atoms with Gasteiger partial charge in [-0.25, -0.2) is 0 Å². The van der Waals surface area contributed by atoms with E-state index in [0.717, 1.165) is 0 Å². The van der Waals surface area contributed by atoms with Gasteiger partial charge in [-0.15, -0.1) is 0 Å². The van der Waals surface area contributed by atoms with Gasteiger partial charge in [0.25, 0.3) is 0 Å². The van der Waals surface area contributed by atoms with Gasteiger partial charge < -0.3 is 10.2 Å². The third-order valence-electron chi connectivity index (χ3n) is 3.76. The Morgan fingerprint density at radius 3 is 2.53 bits per heavy atom. The van der Waals surface area contributed by atoms with Crippen LogP contribution in [0.3, 0.4) is 0 Å². The maximum Gasteiger partial charge on any atom is 0.0356 e. The van der Waals surface area contributed by atoms with Gasteiger partial charge in [0.2, 0.25) is 0 Å². The minimum absolute atomic E-state index is 0.534. The molecule has 17 heavy (non-hydrogen) atoms. The molecule has 2 heteroatoms. The van der Waals surface area contributed by atoms with E-state index >= 15 is 0 Å².